The Morgan fingerprint density at radius 1 is 0.929 bits per heavy atom. The van der Waals surface area contributed by atoms with Gasteiger partial charge < -0.3 is 5.11 Å². The highest BCUT2D eigenvalue weighted by molar-refractivity contribution is 5.46. The van der Waals surface area contributed by atoms with E-state index < -0.39 is 0 Å². The van der Waals surface area contributed by atoms with E-state index in [0.717, 1.165) is 0 Å². The largest absolute Gasteiger partial charge is 0.391 e. The van der Waals surface area contributed by atoms with Crippen molar-refractivity contribution in [2.45, 2.75) is 44.6 Å². The molecular formula is C13H18O. The van der Waals surface area contributed by atoms with Gasteiger partial charge in [0.2, 0.25) is 0 Å². The first-order chi connectivity index (χ1) is 6.38. The van der Waals surface area contributed by atoms with E-state index in [-0.39, 0.29) is 16.9 Å². The third-order valence-corrected chi connectivity index (χ3v) is 3.68. The first kappa shape index (κ1) is 9.72. The maximum atomic E-state index is 10.3. The molecule has 1 aliphatic carbocycles. The van der Waals surface area contributed by atoms with Gasteiger partial charge in [-0.3, -0.25) is 0 Å². The van der Waals surface area contributed by atoms with Crippen molar-refractivity contribution in [1.82, 2.24) is 0 Å². The van der Waals surface area contributed by atoms with Crippen LogP contribution in [0.2, 0.25) is 0 Å². The van der Waals surface area contributed by atoms with Crippen molar-refractivity contribution in [2.75, 3.05) is 0 Å². The zero-order valence-corrected chi connectivity index (χ0v) is 9.33. The lowest BCUT2D eigenvalue weighted by molar-refractivity contribution is 0.0566. The minimum Gasteiger partial charge on any atom is -0.391 e. The molecule has 0 heterocycles. The zero-order chi connectivity index (χ0) is 10.6. The predicted octanol–water partition coefficient (Wildman–Crippen LogP) is 2.62. The SMILES string of the molecule is CC1(C)c2ccccc2C(C)(C)C1O. The van der Waals surface area contributed by atoms with Crippen LogP contribution in [0.1, 0.15) is 38.8 Å². The van der Waals surface area contributed by atoms with Crippen LogP contribution in [-0.2, 0) is 10.8 Å². The molecule has 1 heteroatoms. The average Bonchev–Trinajstić information content (AvgIpc) is 2.28. The third-order valence-electron chi connectivity index (χ3n) is 3.68. The monoisotopic (exact) mass is 190 g/mol. The van der Waals surface area contributed by atoms with Gasteiger partial charge in [-0.1, -0.05) is 52.0 Å². The smallest absolute Gasteiger partial charge is 0.0722 e. The molecule has 0 saturated heterocycles. The molecule has 0 bridgehead atoms. The van der Waals surface area contributed by atoms with Crippen molar-refractivity contribution in [3.8, 4) is 0 Å². The number of aliphatic hydroxyl groups excluding tert-OH is 1. The van der Waals surface area contributed by atoms with Gasteiger partial charge in [-0.05, 0) is 11.1 Å². The van der Waals surface area contributed by atoms with Crippen LogP contribution in [0.5, 0.6) is 0 Å². The molecule has 0 aliphatic heterocycles. The Morgan fingerprint density at radius 2 is 1.29 bits per heavy atom. The second kappa shape index (κ2) is 2.60. The Balaban J connectivity index is 2.70. The Bertz CT molecular complexity index is 328. The maximum absolute atomic E-state index is 10.3. The Labute approximate surface area is 85.8 Å². The van der Waals surface area contributed by atoms with Crippen molar-refractivity contribution in [1.29, 1.82) is 0 Å². The average molecular weight is 190 g/mol. The number of fused-ring (bicyclic) bond motifs is 1. The van der Waals surface area contributed by atoms with Gasteiger partial charge in [-0.2, -0.15) is 0 Å². The van der Waals surface area contributed by atoms with E-state index in [1.165, 1.54) is 11.1 Å². The summed E-state index contributed by atoms with van der Waals surface area (Å²) < 4.78 is 0. The minimum absolute atomic E-state index is 0.125. The quantitative estimate of drug-likeness (QED) is 0.666. The molecule has 0 saturated carbocycles. The summed E-state index contributed by atoms with van der Waals surface area (Å²) >= 11 is 0. The van der Waals surface area contributed by atoms with Gasteiger partial charge in [0, 0.05) is 10.8 Å². The summed E-state index contributed by atoms with van der Waals surface area (Å²) in [5, 5.41) is 10.3. The summed E-state index contributed by atoms with van der Waals surface area (Å²) in [4.78, 5) is 0. The van der Waals surface area contributed by atoms with Crippen LogP contribution in [0.3, 0.4) is 0 Å². The van der Waals surface area contributed by atoms with Gasteiger partial charge in [0.15, 0.2) is 0 Å². The van der Waals surface area contributed by atoms with E-state index in [4.69, 9.17) is 0 Å². The molecular weight excluding hydrogens is 172 g/mol. The molecule has 1 aliphatic rings. The molecule has 0 radical (unpaired) electrons. The van der Waals surface area contributed by atoms with Gasteiger partial charge in [0.1, 0.15) is 0 Å². The van der Waals surface area contributed by atoms with Gasteiger partial charge in [-0.15, -0.1) is 0 Å². The summed E-state index contributed by atoms with van der Waals surface area (Å²) in [7, 11) is 0. The minimum atomic E-state index is -0.299. The van der Waals surface area contributed by atoms with Gasteiger partial charge >= 0.3 is 0 Å². The lowest BCUT2D eigenvalue weighted by Gasteiger charge is -2.31. The van der Waals surface area contributed by atoms with Gasteiger partial charge in [0.25, 0.3) is 0 Å². The van der Waals surface area contributed by atoms with Gasteiger partial charge in [-0.25, -0.2) is 0 Å². The number of hydrogen-bond acceptors (Lipinski definition) is 1. The molecule has 0 unspecified atom stereocenters. The third kappa shape index (κ3) is 0.992. The second-order valence-corrected chi connectivity index (χ2v) is 5.39. The number of rotatable bonds is 0. The first-order valence-electron chi connectivity index (χ1n) is 5.16. The molecule has 2 rings (SSSR count). The second-order valence-electron chi connectivity index (χ2n) is 5.39. The van der Waals surface area contributed by atoms with Crippen LogP contribution in [0.15, 0.2) is 24.3 Å². The Kier molecular flexibility index (Phi) is 1.81. The summed E-state index contributed by atoms with van der Waals surface area (Å²) in [5.74, 6) is 0. The highest BCUT2D eigenvalue weighted by Crippen LogP contribution is 2.48. The fraction of sp³-hybridized carbons (Fsp3) is 0.538. The standard InChI is InChI=1S/C13H18O/c1-12(2)9-7-5-6-8-10(9)13(3,4)11(12)14/h5-8,11,14H,1-4H3. The van der Waals surface area contributed by atoms with Crippen LogP contribution >= 0.6 is 0 Å². The lowest BCUT2D eigenvalue weighted by Crippen LogP contribution is -2.39. The molecule has 0 aromatic heterocycles. The highest BCUT2D eigenvalue weighted by Gasteiger charge is 2.49. The van der Waals surface area contributed by atoms with E-state index in [1.807, 2.05) is 0 Å². The zero-order valence-electron chi connectivity index (χ0n) is 9.33. The van der Waals surface area contributed by atoms with Crippen LogP contribution in [0, 0.1) is 0 Å². The van der Waals surface area contributed by atoms with Crippen LogP contribution < -0.4 is 0 Å². The fourth-order valence-electron chi connectivity index (χ4n) is 2.80. The number of aliphatic hydroxyl groups is 1. The summed E-state index contributed by atoms with van der Waals surface area (Å²) in [6.07, 6.45) is -0.299. The fourth-order valence-corrected chi connectivity index (χ4v) is 2.80. The van der Waals surface area contributed by atoms with Crippen LogP contribution in [0.4, 0.5) is 0 Å². The van der Waals surface area contributed by atoms with E-state index in [9.17, 15) is 5.11 Å². The normalized spacial score (nSPS) is 23.5. The van der Waals surface area contributed by atoms with Crippen molar-refractivity contribution in [3.63, 3.8) is 0 Å². The first-order valence-corrected chi connectivity index (χ1v) is 5.16. The molecule has 0 spiro atoms. The molecule has 14 heavy (non-hydrogen) atoms. The van der Waals surface area contributed by atoms with Crippen molar-refractivity contribution < 1.29 is 5.11 Å². The molecule has 0 atom stereocenters. The topological polar surface area (TPSA) is 20.2 Å². The molecule has 0 amide bonds. The van der Waals surface area contributed by atoms with Crippen molar-refractivity contribution in [3.05, 3.63) is 35.4 Å². The van der Waals surface area contributed by atoms with E-state index >= 15 is 0 Å². The number of benzene rings is 1. The van der Waals surface area contributed by atoms with Crippen molar-refractivity contribution in [2.24, 2.45) is 0 Å². The molecule has 76 valence electrons. The molecule has 1 aromatic rings. The molecule has 1 nitrogen and oxygen atoms in total. The summed E-state index contributed by atoms with van der Waals surface area (Å²) in [6.45, 7) is 8.47. The lowest BCUT2D eigenvalue weighted by atomic mass is 9.78. The van der Waals surface area contributed by atoms with E-state index in [2.05, 4.69) is 52.0 Å². The summed E-state index contributed by atoms with van der Waals surface area (Å²) in [6, 6.07) is 8.37. The summed E-state index contributed by atoms with van der Waals surface area (Å²) in [5.41, 5.74) is 2.33. The molecule has 0 fully saturated rings. The van der Waals surface area contributed by atoms with Gasteiger partial charge in [0.05, 0.1) is 6.10 Å². The highest BCUT2D eigenvalue weighted by atomic mass is 16.3. The van der Waals surface area contributed by atoms with E-state index in [0.29, 0.717) is 0 Å². The molecule has 1 aromatic carbocycles. The van der Waals surface area contributed by atoms with Crippen molar-refractivity contribution >= 4 is 0 Å². The predicted molar refractivity (Wildman–Crippen MR) is 58.5 cm³/mol. The number of hydrogen-bond donors (Lipinski definition) is 1. The Morgan fingerprint density at radius 3 is 1.64 bits per heavy atom. The molecule has 1 N–H and O–H groups in total. The Hall–Kier alpha value is -0.820. The van der Waals surface area contributed by atoms with Crippen LogP contribution in [-0.4, -0.2) is 11.2 Å². The van der Waals surface area contributed by atoms with E-state index in [1.54, 1.807) is 0 Å². The van der Waals surface area contributed by atoms with Crippen LogP contribution in [0.25, 0.3) is 0 Å². The maximum Gasteiger partial charge on any atom is 0.0722 e.